The molecule has 3 atom stereocenters. The molecule has 0 aliphatic heterocycles. The standard InChI is InChI=1S/C22H16ClF5N2O3/c1-21(2)12(9-17(23)22(26,27)28)19(21)20(31)33-16(10-29)15-4-3-5-18(30-15)32-11-6-7-13(24)14(25)8-11/h3-9,12,16,19H,1-2H3/b17-9-. The van der Waals surface area contributed by atoms with Gasteiger partial charge in [0, 0.05) is 12.1 Å². The Bertz CT molecular complexity index is 1140. The number of halogens is 6. The molecule has 0 bridgehead atoms. The van der Waals surface area contributed by atoms with E-state index in [2.05, 4.69) is 4.98 Å². The number of ether oxygens (including phenoxy) is 2. The smallest absolute Gasteiger partial charge is 0.426 e. The van der Waals surface area contributed by atoms with Crippen molar-refractivity contribution in [1.82, 2.24) is 4.98 Å². The van der Waals surface area contributed by atoms with Gasteiger partial charge in [-0.3, -0.25) is 4.79 Å². The van der Waals surface area contributed by atoms with Crippen LogP contribution < -0.4 is 4.74 Å². The lowest BCUT2D eigenvalue weighted by Gasteiger charge is -2.12. The summed E-state index contributed by atoms with van der Waals surface area (Å²) in [4.78, 5) is 16.6. The summed E-state index contributed by atoms with van der Waals surface area (Å²) in [5.74, 6) is -4.98. The number of carbonyl (C=O) groups excluding carboxylic acids is 1. The van der Waals surface area contributed by atoms with Gasteiger partial charge in [-0.1, -0.05) is 37.6 Å². The molecule has 3 unspecified atom stereocenters. The number of rotatable bonds is 6. The fourth-order valence-electron chi connectivity index (χ4n) is 3.33. The van der Waals surface area contributed by atoms with Gasteiger partial charge >= 0.3 is 12.1 Å². The summed E-state index contributed by atoms with van der Waals surface area (Å²) in [6.07, 6.45) is -5.45. The predicted octanol–water partition coefficient (Wildman–Crippen LogP) is 6.22. The Morgan fingerprint density at radius 2 is 1.94 bits per heavy atom. The zero-order valence-electron chi connectivity index (χ0n) is 17.2. The first-order chi connectivity index (χ1) is 15.3. The van der Waals surface area contributed by atoms with Gasteiger partial charge in [0.2, 0.25) is 12.0 Å². The number of nitrogens with zero attached hydrogens (tertiary/aromatic N) is 2. The molecule has 1 aromatic carbocycles. The van der Waals surface area contributed by atoms with Crippen LogP contribution in [0.25, 0.3) is 0 Å². The lowest BCUT2D eigenvalue weighted by atomic mass is 10.1. The van der Waals surface area contributed by atoms with Crippen molar-refractivity contribution < 1.29 is 36.2 Å². The summed E-state index contributed by atoms with van der Waals surface area (Å²) in [6, 6.07) is 8.78. The number of allylic oxidation sites excluding steroid dienone is 2. The monoisotopic (exact) mass is 486 g/mol. The molecule has 2 aromatic rings. The zero-order valence-corrected chi connectivity index (χ0v) is 17.9. The quantitative estimate of drug-likeness (QED) is 0.358. The van der Waals surface area contributed by atoms with E-state index in [0.717, 1.165) is 18.2 Å². The first-order valence-corrected chi connectivity index (χ1v) is 9.87. The van der Waals surface area contributed by atoms with Gasteiger partial charge in [-0.2, -0.15) is 18.4 Å². The number of hydrogen-bond acceptors (Lipinski definition) is 5. The van der Waals surface area contributed by atoms with Crippen molar-refractivity contribution in [3.8, 4) is 17.7 Å². The molecular formula is C22H16ClF5N2O3. The highest BCUT2D eigenvalue weighted by atomic mass is 35.5. The highest BCUT2D eigenvalue weighted by molar-refractivity contribution is 6.30. The van der Waals surface area contributed by atoms with Crippen molar-refractivity contribution >= 4 is 17.6 Å². The summed E-state index contributed by atoms with van der Waals surface area (Å²) in [7, 11) is 0. The van der Waals surface area contributed by atoms with Crippen LogP contribution in [0.15, 0.2) is 47.5 Å². The lowest BCUT2D eigenvalue weighted by Crippen LogP contribution is -2.15. The van der Waals surface area contributed by atoms with Gasteiger partial charge in [0.1, 0.15) is 16.9 Å². The largest absolute Gasteiger partial charge is 0.440 e. The molecule has 1 fully saturated rings. The second-order valence-corrected chi connectivity index (χ2v) is 8.27. The molecule has 11 heteroatoms. The number of pyridine rings is 1. The second kappa shape index (κ2) is 8.98. The fourth-order valence-corrected chi connectivity index (χ4v) is 3.46. The van der Waals surface area contributed by atoms with Gasteiger partial charge in [-0.25, -0.2) is 13.8 Å². The van der Waals surface area contributed by atoms with Crippen molar-refractivity contribution in [1.29, 1.82) is 5.26 Å². The molecule has 0 amide bonds. The molecule has 0 saturated heterocycles. The molecule has 0 N–H and O–H groups in total. The van der Waals surface area contributed by atoms with E-state index in [1.54, 1.807) is 19.9 Å². The van der Waals surface area contributed by atoms with E-state index in [4.69, 9.17) is 21.1 Å². The molecule has 0 radical (unpaired) electrons. The Balaban J connectivity index is 1.73. The summed E-state index contributed by atoms with van der Waals surface area (Å²) in [5.41, 5.74) is -0.877. The molecule has 0 spiro atoms. The van der Waals surface area contributed by atoms with E-state index in [9.17, 15) is 32.0 Å². The Kier molecular flexibility index (Phi) is 6.65. The van der Waals surface area contributed by atoms with Gasteiger partial charge in [-0.05, 0) is 29.5 Å². The normalized spacial score (nSPS) is 20.5. The van der Waals surface area contributed by atoms with Crippen LogP contribution in [0.3, 0.4) is 0 Å². The summed E-state index contributed by atoms with van der Waals surface area (Å²) >= 11 is 5.28. The minimum Gasteiger partial charge on any atom is -0.440 e. The highest BCUT2D eigenvalue weighted by Gasteiger charge is 2.62. The SMILES string of the molecule is CC1(C)C(/C=C(\Cl)C(F)(F)F)C1C(=O)OC(C#N)c1cccc(Oc2ccc(F)c(F)c2)n1. The maximum atomic E-state index is 13.4. The Labute approximate surface area is 190 Å². The molecule has 5 nitrogen and oxygen atoms in total. The predicted molar refractivity (Wildman–Crippen MR) is 106 cm³/mol. The molecule has 1 aromatic heterocycles. The van der Waals surface area contributed by atoms with Gasteiger partial charge in [0.05, 0.1) is 11.6 Å². The maximum absolute atomic E-state index is 13.4. The molecule has 1 saturated carbocycles. The number of aromatic nitrogens is 1. The minimum atomic E-state index is -4.73. The van der Waals surface area contributed by atoms with E-state index in [0.29, 0.717) is 0 Å². The van der Waals surface area contributed by atoms with Crippen molar-refractivity contribution in [2.75, 3.05) is 0 Å². The fraction of sp³-hybridized carbons (Fsp3) is 0.318. The van der Waals surface area contributed by atoms with Crippen LogP contribution in [0, 0.1) is 40.2 Å². The van der Waals surface area contributed by atoms with Gasteiger partial charge < -0.3 is 9.47 Å². The molecule has 33 heavy (non-hydrogen) atoms. The first-order valence-electron chi connectivity index (χ1n) is 9.49. The van der Waals surface area contributed by atoms with E-state index in [-0.39, 0.29) is 17.3 Å². The first kappa shape index (κ1) is 24.5. The Morgan fingerprint density at radius 3 is 2.55 bits per heavy atom. The number of benzene rings is 1. The second-order valence-electron chi connectivity index (χ2n) is 7.86. The van der Waals surface area contributed by atoms with Crippen LogP contribution in [0.2, 0.25) is 0 Å². The average Bonchev–Trinajstić information content (AvgIpc) is 3.28. The molecular weight excluding hydrogens is 471 g/mol. The van der Waals surface area contributed by atoms with Crippen LogP contribution >= 0.6 is 11.6 Å². The van der Waals surface area contributed by atoms with Crippen LogP contribution in [0.5, 0.6) is 11.6 Å². The molecule has 174 valence electrons. The van der Waals surface area contributed by atoms with Gasteiger partial charge in [-0.15, -0.1) is 0 Å². The third-order valence-corrected chi connectivity index (χ3v) is 5.58. The number of esters is 1. The van der Waals surface area contributed by atoms with E-state index < -0.39 is 52.2 Å². The number of alkyl halides is 3. The van der Waals surface area contributed by atoms with Crippen molar-refractivity contribution in [3.05, 3.63) is 64.8 Å². The summed E-state index contributed by atoms with van der Waals surface area (Å²) < 4.78 is 75.1. The third kappa shape index (κ3) is 5.42. The minimum absolute atomic E-state index is 0.0233. The van der Waals surface area contributed by atoms with Crippen LogP contribution in [0.1, 0.15) is 25.6 Å². The van der Waals surface area contributed by atoms with Gasteiger partial charge in [0.15, 0.2) is 11.6 Å². The number of carbonyl (C=O) groups is 1. The third-order valence-electron chi connectivity index (χ3n) is 5.24. The van der Waals surface area contributed by atoms with Crippen LogP contribution in [-0.2, 0) is 9.53 Å². The topological polar surface area (TPSA) is 72.2 Å². The zero-order chi connectivity index (χ0) is 24.6. The van der Waals surface area contributed by atoms with Gasteiger partial charge in [0.25, 0.3) is 0 Å². The molecule has 3 rings (SSSR count). The number of hydrogen-bond donors (Lipinski definition) is 0. The van der Waals surface area contributed by atoms with Crippen molar-refractivity contribution in [2.24, 2.45) is 17.3 Å². The highest BCUT2D eigenvalue weighted by Crippen LogP contribution is 2.60. The summed E-state index contributed by atoms with van der Waals surface area (Å²) in [6.45, 7) is 3.16. The Hall–Kier alpha value is -3.19. The number of nitriles is 1. The van der Waals surface area contributed by atoms with Crippen LogP contribution in [-0.4, -0.2) is 17.1 Å². The van der Waals surface area contributed by atoms with Crippen LogP contribution in [0.4, 0.5) is 22.0 Å². The van der Waals surface area contributed by atoms with E-state index in [1.165, 1.54) is 24.3 Å². The van der Waals surface area contributed by atoms with Crippen molar-refractivity contribution in [3.63, 3.8) is 0 Å². The molecule has 1 aliphatic carbocycles. The molecule has 1 heterocycles. The van der Waals surface area contributed by atoms with E-state index >= 15 is 0 Å². The average molecular weight is 487 g/mol. The Morgan fingerprint density at radius 1 is 1.24 bits per heavy atom. The lowest BCUT2D eigenvalue weighted by molar-refractivity contribution is -0.149. The van der Waals surface area contributed by atoms with Crippen molar-refractivity contribution in [2.45, 2.75) is 26.1 Å². The molecule has 1 aliphatic rings. The summed E-state index contributed by atoms with van der Waals surface area (Å²) in [5, 5.41) is 8.11. The maximum Gasteiger partial charge on any atom is 0.426 e. The van der Waals surface area contributed by atoms with E-state index in [1.807, 2.05) is 0 Å².